The Hall–Kier alpha value is -2.31. The molecule has 0 spiro atoms. The zero-order valence-electron chi connectivity index (χ0n) is 12.6. The van der Waals surface area contributed by atoms with Crippen molar-refractivity contribution in [1.29, 1.82) is 0 Å². The Kier molecular flexibility index (Phi) is 4.30. The Bertz CT molecular complexity index is 584. The summed E-state index contributed by atoms with van der Waals surface area (Å²) < 4.78 is 10.8. The first-order valence-electron chi connectivity index (χ1n) is 6.73. The molecule has 0 aromatic heterocycles. The topological polar surface area (TPSA) is 77.2 Å². The molecule has 0 unspecified atom stereocenters. The van der Waals surface area contributed by atoms with Crippen LogP contribution >= 0.6 is 0 Å². The van der Waals surface area contributed by atoms with Crippen molar-refractivity contribution in [2.75, 3.05) is 27.2 Å². The molecule has 2 rings (SSSR count). The number of amidine groups is 1. The van der Waals surface area contributed by atoms with Crippen molar-refractivity contribution in [3.05, 3.63) is 27.8 Å². The Morgan fingerprint density at radius 2 is 2.14 bits per heavy atom. The normalized spacial score (nSPS) is 14.3. The predicted molar refractivity (Wildman–Crippen MR) is 79.4 cm³/mol. The van der Waals surface area contributed by atoms with Crippen LogP contribution in [0.2, 0.25) is 0 Å². The Labute approximate surface area is 123 Å². The van der Waals surface area contributed by atoms with Gasteiger partial charge < -0.3 is 14.4 Å². The summed E-state index contributed by atoms with van der Waals surface area (Å²) in [5.41, 5.74) is 0.552. The molecule has 0 radical (unpaired) electrons. The number of methoxy groups -OCH3 is 1. The first kappa shape index (κ1) is 15.1. The van der Waals surface area contributed by atoms with E-state index in [2.05, 4.69) is 4.99 Å². The van der Waals surface area contributed by atoms with Crippen molar-refractivity contribution < 1.29 is 14.4 Å². The van der Waals surface area contributed by atoms with Crippen LogP contribution in [-0.4, -0.2) is 49.0 Å². The predicted octanol–water partition coefficient (Wildman–Crippen LogP) is 2.08. The summed E-state index contributed by atoms with van der Waals surface area (Å²) in [5, 5.41) is 11.3. The number of rotatable bonds is 5. The third-order valence-corrected chi connectivity index (χ3v) is 3.12. The van der Waals surface area contributed by atoms with Crippen molar-refractivity contribution in [1.82, 2.24) is 4.90 Å². The number of hydrogen-bond donors (Lipinski definition) is 0. The van der Waals surface area contributed by atoms with E-state index < -0.39 is 4.92 Å². The largest absolute Gasteiger partial charge is 0.493 e. The fourth-order valence-electron chi connectivity index (χ4n) is 2.20. The van der Waals surface area contributed by atoms with E-state index in [1.165, 1.54) is 13.2 Å². The fraction of sp³-hybridized carbons (Fsp3) is 0.500. The SMILES string of the molecule is COc1cc(C2=NCCN2C)cc([N+](=O)[O-])c1OC(C)C. The summed E-state index contributed by atoms with van der Waals surface area (Å²) in [4.78, 5) is 17.2. The van der Waals surface area contributed by atoms with Gasteiger partial charge in [-0.3, -0.25) is 15.1 Å². The van der Waals surface area contributed by atoms with Crippen molar-refractivity contribution in [3.63, 3.8) is 0 Å². The monoisotopic (exact) mass is 293 g/mol. The third kappa shape index (κ3) is 3.07. The summed E-state index contributed by atoms with van der Waals surface area (Å²) in [6.45, 7) is 5.11. The Morgan fingerprint density at radius 3 is 2.62 bits per heavy atom. The maximum Gasteiger partial charge on any atom is 0.315 e. The van der Waals surface area contributed by atoms with Crippen LogP contribution in [0.25, 0.3) is 0 Å². The molecule has 114 valence electrons. The standard InChI is InChI=1S/C14H19N3O4/c1-9(2)21-13-11(17(18)19)7-10(8-12(13)20-4)14-15-5-6-16(14)3/h7-9H,5-6H2,1-4H3. The Balaban J connectivity index is 2.56. The first-order valence-corrected chi connectivity index (χ1v) is 6.73. The average molecular weight is 293 g/mol. The van der Waals surface area contributed by atoms with E-state index in [1.807, 2.05) is 25.8 Å². The second kappa shape index (κ2) is 5.99. The average Bonchev–Trinajstić information content (AvgIpc) is 2.84. The lowest BCUT2D eigenvalue weighted by molar-refractivity contribution is -0.386. The minimum absolute atomic E-state index is 0.110. The van der Waals surface area contributed by atoms with Crippen LogP contribution in [0.4, 0.5) is 5.69 Å². The lowest BCUT2D eigenvalue weighted by Crippen LogP contribution is -2.23. The van der Waals surface area contributed by atoms with Gasteiger partial charge in [0.1, 0.15) is 5.84 Å². The van der Waals surface area contributed by atoms with Crippen molar-refractivity contribution in [3.8, 4) is 11.5 Å². The van der Waals surface area contributed by atoms with Crippen molar-refractivity contribution >= 4 is 11.5 Å². The summed E-state index contributed by atoms with van der Waals surface area (Å²) in [5.74, 6) is 1.23. The van der Waals surface area contributed by atoms with Crippen LogP contribution in [0.1, 0.15) is 19.4 Å². The molecule has 1 aromatic carbocycles. The molecule has 1 aromatic rings. The molecule has 7 heteroatoms. The lowest BCUT2D eigenvalue weighted by Gasteiger charge is -2.17. The number of benzene rings is 1. The molecule has 1 aliphatic heterocycles. The van der Waals surface area contributed by atoms with Gasteiger partial charge in [0.05, 0.1) is 24.7 Å². The highest BCUT2D eigenvalue weighted by atomic mass is 16.6. The highest BCUT2D eigenvalue weighted by molar-refractivity contribution is 6.01. The summed E-state index contributed by atoms with van der Waals surface area (Å²) in [6.07, 6.45) is -0.185. The van der Waals surface area contributed by atoms with E-state index in [0.717, 1.165) is 12.4 Å². The molecule has 7 nitrogen and oxygen atoms in total. The van der Waals surface area contributed by atoms with Gasteiger partial charge in [-0.1, -0.05) is 0 Å². The minimum Gasteiger partial charge on any atom is -0.493 e. The number of ether oxygens (including phenoxy) is 2. The van der Waals surface area contributed by atoms with E-state index in [1.54, 1.807) is 6.07 Å². The van der Waals surface area contributed by atoms with Gasteiger partial charge in [-0.15, -0.1) is 0 Å². The molecule has 0 atom stereocenters. The molecule has 0 saturated heterocycles. The molecule has 0 aliphatic carbocycles. The first-order chi connectivity index (χ1) is 9.93. The molecule has 0 fully saturated rings. The van der Waals surface area contributed by atoms with E-state index in [0.29, 0.717) is 17.9 Å². The lowest BCUT2D eigenvalue weighted by atomic mass is 10.1. The number of likely N-dealkylation sites (N-methyl/N-ethyl adjacent to an activating group) is 1. The summed E-state index contributed by atoms with van der Waals surface area (Å²) in [6, 6.07) is 3.21. The van der Waals surface area contributed by atoms with E-state index in [-0.39, 0.29) is 17.5 Å². The van der Waals surface area contributed by atoms with E-state index in [4.69, 9.17) is 9.47 Å². The van der Waals surface area contributed by atoms with Gasteiger partial charge in [0.15, 0.2) is 5.75 Å². The number of nitro groups is 1. The zero-order valence-corrected chi connectivity index (χ0v) is 12.6. The van der Waals surface area contributed by atoms with Crippen LogP contribution in [0.5, 0.6) is 11.5 Å². The Morgan fingerprint density at radius 1 is 1.43 bits per heavy atom. The quantitative estimate of drug-likeness (QED) is 0.613. The molecule has 1 aliphatic rings. The van der Waals surface area contributed by atoms with Gasteiger partial charge in [0, 0.05) is 25.2 Å². The molecular formula is C14H19N3O4. The van der Waals surface area contributed by atoms with Crippen LogP contribution in [0.3, 0.4) is 0 Å². The molecule has 0 saturated carbocycles. The van der Waals surface area contributed by atoms with Gasteiger partial charge >= 0.3 is 5.69 Å². The maximum atomic E-state index is 11.3. The fourth-order valence-corrected chi connectivity index (χ4v) is 2.20. The van der Waals surface area contributed by atoms with E-state index >= 15 is 0 Å². The summed E-state index contributed by atoms with van der Waals surface area (Å²) in [7, 11) is 3.37. The zero-order chi connectivity index (χ0) is 15.6. The highest BCUT2D eigenvalue weighted by Gasteiger charge is 2.26. The van der Waals surface area contributed by atoms with Crippen LogP contribution in [0.15, 0.2) is 17.1 Å². The number of nitro benzene ring substituents is 1. The molecule has 0 amide bonds. The summed E-state index contributed by atoms with van der Waals surface area (Å²) >= 11 is 0. The van der Waals surface area contributed by atoms with Gasteiger partial charge in [-0.05, 0) is 19.9 Å². The van der Waals surface area contributed by atoms with Gasteiger partial charge in [0.25, 0.3) is 0 Å². The van der Waals surface area contributed by atoms with Crippen LogP contribution in [-0.2, 0) is 0 Å². The van der Waals surface area contributed by atoms with Crippen molar-refractivity contribution in [2.24, 2.45) is 4.99 Å². The molecule has 0 bridgehead atoms. The van der Waals surface area contributed by atoms with Crippen LogP contribution in [0, 0.1) is 10.1 Å². The number of nitrogens with zero attached hydrogens (tertiary/aromatic N) is 3. The highest BCUT2D eigenvalue weighted by Crippen LogP contribution is 2.39. The van der Waals surface area contributed by atoms with Crippen molar-refractivity contribution in [2.45, 2.75) is 20.0 Å². The number of aliphatic imine (C=N–C) groups is 1. The molecular weight excluding hydrogens is 274 g/mol. The number of hydrogen-bond acceptors (Lipinski definition) is 6. The third-order valence-electron chi connectivity index (χ3n) is 3.12. The molecule has 1 heterocycles. The van der Waals surface area contributed by atoms with E-state index in [9.17, 15) is 10.1 Å². The van der Waals surface area contributed by atoms with Gasteiger partial charge in [-0.2, -0.15) is 0 Å². The second-order valence-electron chi connectivity index (χ2n) is 5.08. The smallest absolute Gasteiger partial charge is 0.315 e. The van der Waals surface area contributed by atoms with Gasteiger partial charge in [-0.25, -0.2) is 0 Å². The van der Waals surface area contributed by atoms with Crippen LogP contribution < -0.4 is 9.47 Å². The molecule has 21 heavy (non-hydrogen) atoms. The maximum absolute atomic E-state index is 11.3. The second-order valence-corrected chi connectivity index (χ2v) is 5.08. The minimum atomic E-state index is -0.459. The molecule has 0 N–H and O–H groups in total. The van der Waals surface area contributed by atoms with Gasteiger partial charge in [0.2, 0.25) is 5.75 Å².